The number of hydrogen-bond acceptors (Lipinski definition) is 7. The molecular formula is C30H47NO7. The van der Waals surface area contributed by atoms with Gasteiger partial charge in [-0.1, -0.05) is 50.1 Å². The molecule has 3 N–H and O–H groups in total. The number of nitrogens with one attached hydrogen (secondary N) is 1. The van der Waals surface area contributed by atoms with Crippen LogP contribution in [0.3, 0.4) is 0 Å². The Balaban J connectivity index is 1.52. The van der Waals surface area contributed by atoms with Gasteiger partial charge >= 0.3 is 0 Å². The van der Waals surface area contributed by atoms with E-state index in [4.69, 9.17) is 14.2 Å². The minimum absolute atomic E-state index is 0.0349. The third-order valence-electron chi connectivity index (χ3n) is 7.84. The van der Waals surface area contributed by atoms with E-state index >= 15 is 0 Å². The molecule has 1 spiro atoms. The van der Waals surface area contributed by atoms with Crippen LogP contribution in [0, 0.1) is 5.92 Å². The Morgan fingerprint density at radius 1 is 1.21 bits per heavy atom. The molecule has 0 unspecified atom stereocenters. The predicted molar refractivity (Wildman–Crippen MR) is 145 cm³/mol. The van der Waals surface area contributed by atoms with Gasteiger partial charge in [0.15, 0.2) is 0 Å². The molecule has 3 rings (SSSR count). The smallest absolute Gasteiger partial charge is 0.244 e. The SMILES string of the molecule is CCCCC(=O)C[C@@H]1C[C@@]2(CO2)[C@H](O)[C@@H](/C=C/C(C)=C/C[C@@H]2O[C@H](C)[C@H](NC(=O)/C=C\[C@H](C)O)C[C@@H]2C)O1. The minimum Gasteiger partial charge on any atom is -0.389 e. The number of allylic oxidation sites excluding steroid dienone is 2. The third kappa shape index (κ3) is 8.85. The fourth-order valence-corrected chi connectivity index (χ4v) is 5.32. The maximum atomic E-state index is 12.3. The van der Waals surface area contributed by atoms with Crippen molar-refractivity contribution in [2.45, 2.75) is 128 Å². The quantitative estimate of drug-likeness (QED) is 0.199. The molecule has 0 saturated carbocycles. The summed E-state index contributed by atoms with van der Waals surface area (Å²) in [4.78, 5) is 24.4. The van der Waals surface area contributed by atoms with Gasteiger partial charge in [0.2, 0.25) is 5.91 Å². The molecule has 0 bridgehead atoms. The van der Waals surface area contributed by atoms with Gasteiger partial charge in [-0.15, -0.1) is 0 Å². The normalized spacial score (nSPS) is 36.6. The molecular weight excluding hydrogens is 486 g/mol. The van der Waals surface area contributed by atoms with E-state index in [1.807, 2.05) is 26.0 Å². The van der Waals surface area contributed by atoms with Crippen LogP contribution in [0.2, 0.25) is 0 Å². The van der Waals surface area contributed by atoms with Gasteiger partial charge in [-0.2, -0.15) is 0 Å². The monoisotopic (exact) mass is 533 g/mol. The van der Waals surface area contributed by atoms with E-state index < -0.39 is 23.9 Å². The zero-order valence-electron chi connectivity index (χ0n) is 23.6. The molecule has 3 aliphatic heterocycles. The van der Waals surface area contributed by atoms with Gasteiger partial charge in [-0.25, -0.2) is 0 Å². The zero-order valence-corrected chi connectivity index (χ0v) is 23.6. The second kappa shape index (κ2) is 14.0. The van der Waals surface area contributed by atoms with Crippen LogP contribution in [-0.4, -0.2) is 76.8 Å². The van der Waals surface area contributed by atoms with Gasteiger partial charge in [0, 0.05) is 25.3 Å². The second-order valence-corrected chi connectivity index (χ2v) is 11.4. The van der Waals surface area contributed by atoms with Crippen LogP contribution in [0.5, 0.6) is 0 Å². The highest BCUT2D eigenvalue weighted by atomic mass is 16.6. The van der Waals surface area contributed by atoms with Crippen LogP contribution in [-0.2, 0) is 23.8 Å². The number of aliphatic hydroxyl groups is 2. The molecule has 3 saturated heterocycles. The molecule has 8 heteroatoms. The summed E-state index contributed by atoms with van der Waals surface area (Å²) in [5.41, 5.74) is 0.454. The second-order valence-electron chi connectivity index (χ2n) is 11.4. The highest BCUT2D eigenvalue weighted by molar-refractivity contribution is 5.87. The van der Waals surface area contributed by atoms with Crippen molar-refractivity contribution < 1.29 is 34.0 Å². The lowest BCUT2D eigenvalue weighted by Crippen LogP contribution is -2.50. The molecule has 0 aromatic carbocycles. The van der Waals surface area contributed by atoms with E-state index in [9.17, 15) is 19.8 Å². The van der Waals surface area contributed by atoms with Crippen molar-refractivity contribution in [2.24, 2.45) is 5.92 Å². The van der Waals surface area contributed by atoms with Crippen molar-refractivity contribution in [1.29, 1.82) is 0 Å². The summed E-state index contributed by atoms with van der Waals surface area (Å²) in [5, 5.41) is 23.1. The standard InChI is InChI=1S/C30H47NO7/c1-6-7-8-23(33)16-24-17-30(18-36-30)29(35)27(38-24)13-10-19(2)9-12-26-20(3)15-25(22(5)37-26)31-28(34)14-11-21(4)32/h9-11,13-14,20-22,24-27,29,32,35H,6-8,12,15-18H2,1-5H3,(H,31,34)/b13-10+,14-11-,19-9+/t20-,21-,22+,24+,25+,26-,27+,29+,30+/m0/s1. The van der Waals surface area contributed by atoms with E-state index in [2.05, 4.69) is 25.2 Å². The number of ketones is 1. The van der Waals surface area contributed by atoms with Crippen LogP contribution in [0.25, 0.3) is 0 Å². The molecule has 0 aromatic rings. The Hall–Kier alpha value is -1.84. The lowest BCUT2D eigenvalue weighted by Gasteiger charge is -2.39. The first kappa shape index (κ1) is 30.7. The number of carbonyl (C=O) groups excluding carboxylic acids is 2. The number of unbranched alkanes of at least 4 members (excludes halogenated alkanes) is 1. The summed E-state index contributed by atoms with van der Waals surface area (Å²) in [6.45, 7) is 10.3. The number of ether oxygens (including phenoxy) is 3. The molecule has 3 aliphatic rings. The molecule has 38 heavy (non-hydrogen) atoms. The molecule has 0 aromatic heterocycles. The van der Waals surface area contributed by atoms with Gasteiger partial charge in [0.05, 0.1) is 37.1 Å². The lowest BCUT2D eigenvalue weighted by molar-refractivity contribution is -0.144. The van der Waals surface area contributed by atoms with Gasteiger partial charge < -0.3 is 29.7 Å². The third-order valence-corrected chi connectivity index (χ3v) is 7.84. The first-order chi connectivity index (χ1) is 18.0. The average Bonchev–Trinajstić information content (AvgIpc) is 3.63. The molecule has 3 heterocycles. The Morgan fingerprint density at radius 2 is 1.95 bits per heavy atom. The van der Waals surface area contributed by atoms with Crippen LogP contribution >= 0.6 is 0 Å². The van der Waals surface area contributed by atoms with Crippen molar-refractivity contribution in [3.63, 3.8) is 0 Å². The van der Waals surface area contributed by atoms with Crippen LogP contribution in [0.4, 0.5) is 0 Å². The summed E-state index contributed by atoms with van der Waals surface area (Å²) >= 11 is 0. The molecule has 8 nitrogen and oxygen atoms in total. The van der Waals surface area contributed by atoms with E-state index in [0.717, 1.165) is 31.3 Å². The highest BCUT2D eigenvalue weighted by Crippen LogP contribution is 2.43. The molecule has 0 aliphatic carbocycles. The topological polar surface area (TPSA) is 118 Å². The Kier molecular flexibility index (Phi) is 11.3. The molecule has 0 radical (unpaired) electrons. The fourth-order valence-electron chi connectivity index (χ4n) is 5.32. The van der Waals surface area contributed by atoms with Crippen LogP contribution < -0.4 is 5.32 Å². The minimum atomic E-state index is -0.751. The number of carbonyl (C=O) groups is 2. The maximum absolute atomic E-state index is 12.3. The molecule has 1 amide bonds. The van der Waals surface area contributed by atoms with Crippen LogP contribution in [0.15, 0.2) is 36.0 Å². The molecule has 214 valence electrons. The summed E-state index contributed by atoms with van der Waals surface area (Å²) in [5.74, 6) is 0.235. The van der Waals surface area contributed by atoms with Crippen molar-refractivity contribution >= 4 is 11.7 Å². The maximum Gasteiger partial charge on any atom is 0.244 e. The number of epoxide rings is 1. The Labute approximate surface area is 227 Å². The van der Waals surface area contributed by atoms with Crippen molar-refractivity contribution in [1.82, 2.24) is 5.32 Å². The largest absolute Gasteiger partial charge is 0.389 e. The lowest BCUT2D eigenvalue weighted by atomic mass is 9.86. The van der Waals surface area contributed by atoms with Crippen molar-refractivity contribution in [3.8, 4) is 0 Å². The number of amides is 1. The summed E-state index contributed by atoms with van der Waals surface area (Å²) in [7, 11) is 0. The summed E-state index contributed by atoms with van der Waals surface area (Å²) < 4.78 is 18.0. The molecule has 3 fully saturated rings. The van der Waals surface area contributed by atoms with Gasteiger partial charge in [0.25, 0.3) is 0 Å². The van der Waals surface area contributed by atoms with Gasteiger partial charge in [-0.05, 0) is 46.0 Å². The predicted octanol–water partition coefficient (Wildman–Crippen LogP) is 3.55. The number of hydrogen-bond donors (Lipinski definition) is 3. The van der Waals surface area contributed by atoms with E-state index in [1.165, 1.54) is 12.2 Å². The summed E-state index contributed by atoms with van der Waals surface area (Å²) in [6, 6.07) is -0.0823. The number of aliphatic hydroxyl groups excluding tert-OH is 2. The number of rotatable bonds is 12. The van der Waals surface area contributed by atoms with E-state index in [-0.39, 0.29) is 42.0 Å². The zero-order chi connectivity index (χ0) is 27.9. The van der Waals surface area contributed by atoms with Gasteiger partial charge in [0.1, 0.15) is 23.6 Å². The first-order valence-corrected chi connectivity index (χ1v) is 14.2. The fraction of sp³-hybridized carbons (Fsp3) is 0.733. The van der Waals surface area contributed by atoms with Crippen molar-refractivity contribution in [3.05, 3.63) is 36.0 Å². The van der Waals surface area contributed by atoms with E-state index in [0.29, 0.717) is 25.9 Å². The van der Waals surface area contributed by atoms with Crippen LogP contribution in [0.1, 0.15) is 79.6 Å². The number of Topliss-reactive ketones (excluding diaryl/α,β-unsaturated/α-hetero) is 1. The first-order valence-electron chi connectivity index (χ1n) is 14.2. The average molecular weight is 534 g/mol. The Morgan fingerprint density at radius 3 is 2.61 bits per heavy atom. The summed E-state index contributed by atoms with van der Waals surface area (Å²) in [6.07, 6.45) is 11.4. The van der Waals surface area contributed by atoms with Crippen molar-refractivity contribution in [2.75, 3.05) is 6.61 Å². The Bertz CT molecular complexity index is 891. The van der Waals surface area contributed by atoms with E-state index in [1.54, 1.807) is 6.92 Å². The molecule has 9 atom stereocenters. The highest BCUT2D eigenvalue weighted by Gasteiger charge is 2.58. The van der Waals surface area contributed by atoms with Gasteiger partial charge in [-0.3, -0.25) is 9.59 Å².